The van der Waals surface area contributed by atoms with Crippen molar-refractivity contribution >= 4 is 11.8 Å². The second-order valence-electron chi connectivity index (χ2n) is 9.07. The molecular weight excluding hydrogens is 440 g/mol. The molecule has 0 aliphatic carbocycles. The maximum atomic E-state index is 6.69. The first-order valence-corrected chi connectivity index (χ1v) is 12.3. The number of anilines is 2. The predicted octanol–water partition coefficient (Wildman–Crippen LogP) is 6.39. The van der Waals surface area contributed by atoms with Gasteiger partial charge in [0.15, 0.2) is 0 Å². The minimum atomic E-state index is -0.0295. The summed E-state index contributed by atoms with van der Waals surface area (Å²) in [5, 5.41) is 0. The zero-order valence-electron chi connectivity index (χ0n) is 20.2. The van der Waals surface area contributed by atoms with Crippen LogP contribution in [0.2, 0.25) is 0 Å². The molecule has 1 heterocycles. The topological polar surface area (TPSA) is 77.8 Å². The molecule has 4 nitrogen and oxygen atoms in total. The lowest BCUT2D eigenvalue weighted by Gasteiger charge is -2.27. The van der Waals surface area contributed by atoms with E-state index in [1.165, 1.54) is 22.3 Å². The van der Waals surface area contributed by atoms with Gasteiger partial charge in [-0.2, -0.15) is 4.98 Å². The quantitative estimate of drug-likeness (QED) is 0.275. The number of rotatable bonds is 8. The zero-order chi connectivity index (χ0) is 24.7. The van der Waals surface area contributed by atoms with Gasteiger partial charge in [0, 0.05) is 17.4 Å². The lowest BCUT2D eigenvalue weighted by Crippen LogP contribution is -2.19. The molecule has 0 saturated heterocycles. The summed E-state index contributed by atoms with van der Waals surface area (Å²) >= 11 is 0. The molecule has 0 radical (unpaired) electrons. The van der Waals surface area contributed by atoms with Gasteiger partial charge in [0.25, 0.3) is 0 Å². The Hall–Kier alpha value is -4.44. The molecule has 0 spiro atoms. The van der Waals surface area contributed by atoms with Gasteiger partial charge in [0.1, 0.15) is 5.82 Å². The second kappa shape index (κ2) is 10.9. The van der Waals surface area contributed by atoms with Crippen LogP contribution in [-0.4, -0.2) is 9.97 Å². The molecule has 0 amide bonds. The third-order valence-electron chi connectivity index (χ3n) is 6.67. The van der Waals surface area contributed by atoms with Crippen LogP contribution in [0.25, 0.3) is 0 Å². The molecule has 2 unspecified atom stereocenters. The first-order chi connectivity index (χ1) is 17.7. The molecule has 0 aliphatic heterocycles. The second-order valence-corrected chi connectivity index (χ2v) is 9.07. The first-order valence-electron chi connectivity index (χ1n) is 12.3. The molecular formula is C32H30N4. The van der Waals surface area contributed by atoms with E-state index in [9.17, 15) is 0 Å². The van der Waals surface area contributed by atoms with Crippen LogP contribution in [0, 0.1) is 0 Å². The number of benzene rings is 4. The molecule has 0 saturated carbocycles. The van der Waals surface area contributed by atoms with Crippen LogP contribution in [0.5, 0.6) is 0 Å². The van der Waals surface area contributed by atoms with Crippen LogP contribution >= 0.6 is 0 Å². The molecule has 0 bridgehead atoms. The van der Waals surface area contributed by atoms with Crippen molar-refractivity contribution in [1.29, 1.82) is 0 Å². The lowest BCUT2D eigenvalue weighted by atomic mass is 9.79. The Morgan fingerprint density at radius 1 is 0.500 bits per heavy atom. The van der Waals surface area contributed by atoms with Crippen LogP contribution in [0.15, 0.2) is 121 Å². The van der Waals surface area contributed by atoms with E-state index in [0.717, 1.165) is 24.1 Å². The van der Waals surface area contributed by atoms with E-state index in [-0.39, 0.29) is 17.8 Å². The van der Waals surface area contributed by atoms with Crippen molar-refractivity contribution in [1.82, 2.24) is 9.97 Å². The molecule has 36 heavy (non-hydrogen) atoms. The number of hydrogen-bond donors (Lipinski definition) is 2. The van der Waals surface area contributed by atoms with Crippen molar-refractivity contribution in [3.8, 4) is 0 Å². The van der Waals surface area contributed by atoms with Crippen molar-refractivity contribution < 1.29 is 0 Å². The van der Waals surface area contributed by atoms with Crippen molar-refractivity contribution in [2.45, 2.75) is 24.7 Å². The normalized spacial score (nSPS) is 12.7. The van der Waals surface area contributed by atoms with Gasteiger partial charge in [-0.15, -0.1) is 0 Å². The van der Waals surface area contributed by atoms with E-state index in [4.69, 9.17) is 16.5 Å². The van der Waals surface area contributed by atoms with E-state index in [1.807, 2.05) is 24.3 Å². The van der Waals surface area contributed by atoms with Gasteiger partial charge in [0.2, 0.25) is 5.95 Å². The molecule has 2 atom stereocenters. The largest absolute Gasteiger partial charge is 0.383 e. The highest BCUT2D eigenvalue weighted by molar-refractivity contribution is 5.55. The summed E-state index contributed by atoms with van der Waals surface area (Å²) in [5.74, 6) is 0.590. The molecule has 4 aromatic carbocycles. The Morgan fingerprint density at radius 2 is 0.917 bits per heavy atom. The highest BCUT2D eigenvalue weighted by atomic mass is 15.0. The Morgan fingerprint density at radius 3 is 1.42 bits per heavy atom. The van der Waals surface area contributed by atoms with Gasteiger partial charge in [-0.05, 0) is 35.1 Å². The van der Waals surface area contributed by atoms with Crippen LogP contribution in [0.3, 0.4) is 0 Å². The van der Waals surface area contributed by atoms with Crippen LogP contribution in [0.1, 0.15) is 45.3 Å². The number of aromatic nitrogens is 2. The van der Waals surface area contributed by atoms with Gasteiger partial charge in [0.05, 0.1) is 5.69 Å². The predicted molar refractivity (Wildman–Crippen MR) is 148 cm³/mol. The summed E-state index contributed by atoms with van der Waals surface area (Å²) in [5.41, 5.74) is 19.6. The highest BCUT2D eigenvalue weighted by Gasteiger charge is 2.29. The van der Waals surface area contributed by atoms with E-state index in [0.29, 0.717) is 5.82 Å². The Kier molecular flexibility index (Phi) is 7.04. The molecule has 178 valence electrons. The minimum Gasteiger partial charge on any atom is -0.383 e. The molecule has 4 heteroatoms. The third kappa shape index (κ3) is 5.28. The third-order valence-corrected chi connectivity index (χ3v) is 6.67. The van der Waals surface area contributed by atoms with Gasteiger partial charge in [-0.1, -0.05) is 121 Å². The van der Waals surface area contributed by atoms with Crippen LogP contribution in [0.4, 0.5) is 11.8 Å². The van der Waals surface area contributed by atoms with Gasteiger partial charge in [-0.3, -0.25) is 0 Å². The Bertz CT molecular complexity index is 1390. The standard InChI is InChI=1S/C32H30N4/c33-31-29(27(25-17-9-3-10-18-25)21-23-13-5-1-6-14-23)30(35-32(34)36-31)28(26-19-11-4-12-20-26)22-24-15-7-2-8-16-24/h1-20,27-28H,21-22H2,(H4,33,34,35,36). The van der Waals surface area contributed by atoms with Crippen molar-refractivity contribution in [2.24, 2.45) is 0 Å². The molecule has 1 aromatic heterocycles. The van der Waals surface area contributed by atoms with Crippen molar-refractivity contribution in [2.75, 3.05) is 11.5 Å². The van der Waals surface area contributed by atoms with E-state index in [2.05, 4.69) is 102 Å². The highest BCUT2D eigenvalue weighted by Crippen LogP contribution is 2.39. The maximum absolute atomic E-state index is 6.69. The van der Waals surface area contributed by atoms with Gasteiger partial charge >= 0.3 is 0 Å². The van der Waals surface area contributed by atoms with Gasteiger partial charge in [-0.25, -0.2) is 4.98 Å². The smallest absolute Gasteiger partial charge is 0.222 e. The minimum absolute atomic E-state index is 0.0221. The van der Waals surface area contributed by atoms with Crippen LogP contribution in [-0.2, 0) is 12.8 Å². The average Bonchev–Trinajstić information content (AvgIpc) is 2.92. The Balaban J connectivity index is 1.70. The van der Waals surface area contributed by atoms with Gasteiger partial charge < -0.3 is 11.5 Å². The fourth-order valence-electron chi connectivity index (χ4n) is 4.98. The summed E-state index contributed by atoms with van der Waals surface area (Å²) in [4.78, 5) is 9.33. The molecule has 0 aliphatic rings. The van der Waals surface area contributed by atoms with Crippen LogP contribution < -0.4 is 11.5 Å². The number of hydrogen-bond acceptors (Lipinski definition) is 4. The number of nitrogens with two attached hydrogens (primary N) is 2. The molecule has 4 N–H and O–H groups in total. The Labute approximate surface area is 212 Å². The number of nitrogen functional groups attached to an aromatic ring is 2. The summed E-state index contributed by atoms with van der Waals surface area (Å²) in [6.45, 7) is 0. The fourth-order valence-corrected chi connectivity index (χ4v) is 4.98. The summed E-state index contributed by atoms with van der Waals surface area (Å²) < 4.78 is 0. The summed E-state index contributed by atoms with van der Waals surface area (Å²) in [6.07, 6.45) is 1.56. The lowest BCUT2D eigenvalue weighted by molar-refractivity contribution is 0.716. The van der Waals surface area contributed by atoms with Crippen molar-refractivity contribution in [3.63, 3.8) is 0 Å². The summed E-state index contributed by atoms with van der Waals surface area (Å²) in [6, 6.07) is 42.0. The first kappa shape index (κ1) is 23.3. The van der Waals surface area contributed by atoms with E-state index in [1.54, 1.807) is 0 Å². The maximum Gasteiger partial charge on any atom is 0.222 e. The number of nitrogens with zero attached hydrogens (tertiary/aromatic N) is 2. The molecule has 0 fully saturated rings. The molecule has 5 aromatic rings. The van der Waals surface area contributed by atoms with E-state index >= 15 is 0 Å². The zero-order valence-corrected chi connectivity index (χ0v) is 20.2. The SMILES string of the molecule is Nc1nc(N)c(C(Cc2ccccc2)c2ccccc2)c(C(Cc2ccccc2)c2ccccc2)n1. The van der Waals surface area contributed by atoms with E-state index < -0.39 is 0 Å². The average molecular weight is 471 g/mol. The monoisotopic (exact) mass is 470 g/mol. The van der Waals surface area contributed by atoms with Crippen molar-refractivity contribution in [3.05, 3.63) is 155 Å². The fraction of sp³-hybridized carbons (Fsp3) is 0.125. The summed E-state index contributed by atoms with van der Waals surface area (Å²) in [7, 11) is 0. The molecule has 5 rings (SSSR count).